The van der Waals surface area contributed by atoms with Crippen LogP contribution in [-0.4, -0.2) is 9.49 Å². The van der Waals surface area contributed by atoms with Crippen molar-refractivity contribution in [1.82, 2.24) is 4.57 Å². The minimum absolute atomic E-state index is 0.00249. The van der Waals surface area contributed by atoms with E-state index in [2.05, 4.69) is 11.6 Å². The van der Waals surface area contributed by atoms with E-state index in [-0.39, 0.29) is 5.69 Å². The summed E-state index contributed by atoms with van der Waals surface area (Å²) in [6.07, 6.45) is 1.79. The van der Waals surface area contributed by atoms with Crippen LogP contribution in [0.15, 0.2) is 77.6 Å². The molecule has 6 heteroatoms. The molecule has 0 N–H and O–H groups in total. The molecule has 2 aromatic carbocycles. The second-order valence-corrected chi connectivity index (χ2v) is 5.86. The highest BCUT2D eigenvalue weighted by atomic mass is 32.1. The van der Waals surface area contributed by atoms with Gasteiger partial charge < -0.3 is 4.57 Å². The van der Waals surface area contributed by atoms with Crippen molar-refractivity contribution in [2.24, 2.45) is 4.99 Å². The van der Waals surface area contributed by atoms with E-state index in [4.69, 9.17) is 0 Å². The molecule has 0 fully saturated rings. The molecule has 120 valence electrons. The fourth-order valence-electron chi connectivity index (χ4n) is 2.38. The van der Waals surface area contributed by atoms with E-state index in [1.54, 1.807) is 24.3 Å². The molecule has 0 amide bonds. The van der Waals surface area contributed by atoms with Gasteiger partial charge in [0.05, 0.1) is 10.6 Å². The Morgan fingerprint density at radius 2 is 1.88 bits per heavy atom. The lowest BCUT2D eigenvalue weighted by molar-refractivity contribution is -0.384. The molecule has 0 atom stereocenters. The lowest BCUT2D eigenvalue weighted by Gasteiger charge is -2.06. The second kappa shape index (κ2) is 7.06. The van der Waals surface area contributed by atoms with Crippen LogP contribution in [0, 0.1) is 10.1 Å². The lowest BCUT2D eigenvalue weighted by atomic mass is 10.2. The van der Waals surface area contributed by atoms with Gasteiger partial charge in [-0.3, -0.25) is 10.1 Å². The number of hydrogen-bond donors (Lipinski definition) is 0. The molecule has 0 aliphatic heterocycles. The maximum atomic E-state index is 11.2. The minimum atomic E-state index is -0.414. The highest BCUT2D eigenvalue weighted by molar-refractivity contribution is 7.07. The van der Waals surface area contributed by atoms with Crippen LogP contribution >= 0.6 is 11.3 Å². The average molecular weight is 337 g/mol. The van der Waals surface area contributed by atoms with Gasteiger partial charge in [-0.1, -0.05) is 48.5 Å². The van der Waals surface area contributed by atoms with E-state index in [1.807, 2.05) is 40.3 Å². The van der Waals surface area contributed by atoms with Crippen molar-refractivity contribution < 1.29 is 4.92 Å². The quantitative estimate of drug-likeness (QED) is 0.390. The molecule has 3 aromatic rings. The number of rotatable bonds is 5. The number of nitrogens with zero attached hydrogens (tertiary/aromatic N) is 3. The van der Waals surface area contributed by atoms with Gasteiger partial charge in [-0.25, -0.2) is 4.99 Å². The zero-order valence-corrected chi connectivity index (χ0v) is 13.6. The van der Waals surface area contributed by atoms with Crippen LogP contribution in [0.5, 0.6) is 0 Å². The molecular weight excluding hydrogens is 322 g/mol. The highest BCUT2D eigenvalue weighted by Crippen LogP contribution is 2.26. The van der Waals surface area contributed by atoms with E-state index in [1.165, 1.54) is 17.4 Å². The van der Waals surface area contributed by atoms with E-state index in [0.29, 0.717) is 17.0 Å². The zero-order valence-electron chi connectivity index (χ0n) is 12.8. The Kier molecular flexibility index (Phi) is 4.67. The standard InChI is InChI=1S/C18H15N3O2S/c1-2-12-20-17(14-8-4-3-5-9-14)13-24-18(20)19-15-10-6-7-11-16(15)21(22)23/h2-11,13H,1,12H2. The molecule has 0 saturated carbocycles. The minimum Gasteiger partial charge on any atom is -0.313 e. The maximum Gasteiger partial charge on any atom is 0.294 e. The first-order valence-corrected chi connectivity index (χ1v) is 8.21. The summed E-state index contributed by atoms with van der Waals surface area (Å²) < 4.78 is 2.00. The Labute approximate surface area is 143 Å². The summed E-state index contributed by atoms with van der Waals surface area (Å²) in [4.78, 5) is 16.0. The number of benzene rings is 2. The number of thiazole rings is 1. The van der Waals surface area contributed by atoms with Gasteiger partial charge in [0.2, 0.25) is 0 Å². The van der Waals surface area contributed by atoms with Crippen molar-refractivity contribution >= 4 is 22.7 Å². The van der Waals surface area contributed by atoms with Gasteiger partial charge >= 0.3 is 0 Å². The summed E-state index contributed by atoms with van der Waals surface area (Å²) >= 11 is 1.45. The Hall–Kier alpha value is -2.99. The molecule has 1 heterocycles. The summed E-state index contributed by atoms with van der Waals surface area (Å²) in [6, 6.07) is 16.5. The van der Waals surface area contributed by atoms with Crippen LogP contribution in [0.4, 0.5) is 11.4 Å². The molecule has 5 nitrogen and oxygen atoms in total. The van der Waals surface area contributed by atoms with E-state index < -0.39 is 4.92 Å². The molecule has 0 bridgehead atoms. The van der Waals surface area contributed by atoms with Crippen molar-refractivity contribution in [1.29, 1.82) is 0 Å². The second-order valence-electron chi connectivity index (χ2n) is 5.03. The van der Waals surface area contributed by atoms with Crippen molar-refractivity contribution in [2.75, 3.05) is 0 Å². The van der Waals surface area contributed by atoms with Crippen LogP contribution in [0.2, 0.25) is 0 Å². The number of aromatic nitrogens is 1. The number of hydrogen-bond acceptors (Lipinski definition) is 4. The summed E-state index contributed by atoms with van der Waals surface area (Å²) in [6.45, 7) is 4.37. The Bertz CT molecular complexity index is 942. The van der Waals surface area contributed by atoms with Crippen molar-refractivity contribution in [3.05, 3.63) is 87.5 Å². The van der Waals surface area contributed by atoms with Gasteiger partial charge in [0.25, 0.3) is 5.69 Å². The predicted molar refractivity (Wildman–Crippen MR) is 96.3 cm³/mol. The van der Waals surface area contributed by atoms with Gasteiger partial charge in [0.15, 0.2) is 4.80 Å². The van der Waals surface area contributed by atoms with Gasteiger partial charge in [-0.2, -0.15) is 0 Å². The number of para-hydroxylation sites is 2. The third-order valence-corrected chi connectivity index (χ3v) is 4.34. The molecule has 0 spiro atoms. The van der Waals surface area contributed by atoms with Gasteiger partial charge in [-0.15, -0.1) is 17.9 Å². The predicted octanol–water partition coefficient (Wildman–Crippen LogP) is 4.54. The van der Waals surface area contributed by atoms with E-state index >= 15 is 0 Å². The van der Waals surface area contributed by atoms with Crippen LogP contribution in [-0.2, 0) is 6.54 Å². The summed E-state index contributed by atoms with van der Waals surface area (Å²) in [5.74, 6) is 0. The molecule has 0 aliphatic rings. The lowest BCUT2D eigenvalue weighted by Crippen LogP contribution is -2.14. The average Bonchev–Trinajstić information content (AvgIpc) is 2.99. The largest absolute Gasteiger partial charge is 0.313 e. The fourth-order valence-corrected chi connectivity index (χ4v) is 3.31. The number of nitro benzene ring substituents is 1. The Morgan fingerprint density at radius 3 is 2.58 bits per heavy atom. The first-order chi connectivity index (χ1) is 11.7. The molecule has 0 aliphatic carbocycles. The van der Waals surface area contributed by atoms with Crippen LogP contribution < -0.4 is 4.80 Å². The monoisotopic (exact) mass is 337 g/mol. The van der Waals surface area contributed by atoms with Crippen LogP contribution in [0.1, 0.15) is 0 Å². The molecule has 0 unspecified atom stereocenters. The first kappa shape index (κ1) is 15.9. The molecule has 3 rings (SSSR count). The summed E-state index contributed by atoms with van der Waals surface area (Å²) in [5.41, 5.74) is 2.43. The number of nitro groups is 1. The SMILES string of the molecule is C=CCn1c(-c2ccccc2)csc1=Nc1ccccc1[N+](=O)[O-]. The van der Waals surface area contributed by atoms with Gasteiger partial charge in [-0.05, 0) is 11.6 Å². The highest BCUT2D eigenvalue weighted by Gasteiger charge is 2.13. The number of allylic oxidation sites excluding steroid dienone is 1. The summed E-state index contributed by atoms with van der Waals surface area (Å²) in [7, 11) is 0. The molecule has 24 heavy (non-hydrogen) atoms. The Balaban J connectivity index is 2.18. The normalized spacial score (nSPS) is 11.4. The third-order valence-electron chi connectivity index (χ3n) is 3.47. The van der Waals surface area contributed by atoms with Crippen molar-refractivity contribution in [3.63, 3.8) is 0 Å². The maximum absolute atomic E-state index is 11.2. The molecule has 1 aromatic heterocycles. The Morgan fingerprint density at radius 1 is 1.17 bits per heavy atom. The van der Waals surface area contributed by atoms with E-state index in [0.717, 1.165) is 11.3 Å². The topological polar surface area (TPSA) is 60.4 Å². The van der Waals surface area contributed by atoms with Crippen molar-refractivity contribution in [2.45, 2.75) is 6.54 Å². The molecule has 0 radical (unpaired) electrons. The summed E-state index contributed by atoms with van der Waals surface area (Å²) in [5, 5.41) is 13.2. The van der Waals surface area contributed by atoms with Gasteiger partial charge in [0, 0.05) is 18.0 Å². The smallest absolute Gasteiger partial charge is 0.294 e. The van der Waals surface area contributed by atoms with Crippen LogP contribution in [0.25, 0.3) is 11.3 Å². The molecular formula is C18H15N3O2S. The van der Waals surface area contributed by atoms with Crippen molar-refractivity contribution in [3.8, 4) is 11.3 Å². The third kappa shape index (κ3) is 3.18. The molecule has 0 saturated heterocycles. The van der Waals surface area contributed by atoms with Crippen LogP contribution in [0.3, 0.4) is 0 Å². The zero-order chi connectivity index (χ0) is 16.9. The first-order valence-electron chi connectivity index (χ1n) is 7.33. The van der Waals surface area contributed by atoms with E-state index in [9.17, 15) is 10.1 Å². The van der Waals surface area contributed by atoms with Gasteiger partial charge in [0.1, 0.15) is 5.69 Å². The fraction of sp³-hybridized carbons (Fsp3) is 0.0556.